The molecule has 1 atom stereocenters. The minimum absolute atomic E-state index is 0.546. The standard InChI is InChI=1S/C15H12O4.C7H13N3/c1-9(15(16)17)10-6-7-13-14(8-10)19-12-5-3-2-4-11(12)18-13;1-3-8-7-9-4-2-6-10(7)5-1/h2-9H,1H3,(H,16,17);1-6H2,(H,8,9). The number of rotatable bonds is 2. The van der Waals surface area contributed by atoms with Gasteiger partial charge < -0.3 is 24.8 Å². The summed E-state index contributed by atoms with van der Waals surface area (Å²) in [6.45, 7) is 6.16. The summed E-state index contributed by atoms with van der Waals surface area (Å²) in [5, 5.41) is 12.3. The van der Waals surface area contributed by atoms with Crippen molar-refractivity contribution in [3.05, 3.63) is 48.0 Å². The molecule has 29 heavy (non-hydrogen) atoms. The van der Waals surface area contributed by atoms with Crippen LogP contribution in [0.15, 0.2) is 47.5 Å². The third-order valence-electron chi connectivity index (χ3n) is 5.16. The van der Waals surface area contributed by atoms with Gasteiger partial charge in [-0.25, -0.2) is 0 Å². The lowest BCUT2D eigenvalue weighted by Gasteiger charge is -2.33. The first kappa shape index (κ1) is 19.1. The molecule has 0 radical (unpaired) electrons. The number of nitrogens with one attached hydrogen (secondary N) is 1. The zero-order valence-corrected chi connectivity index (χ0v) is 16.4. The number of benzene rings is 2. The summed E-state index contributed by atoms with van der Waals surface area (Å²) in [4.78, 5) is 17.7. The first-order valence-electron chi connectivity index (χ1n) is 9.96. The van der Waals surface area contributed by atoms with E-state index in [0.717, 1.165) is 19.0 Å². The van der Waals surface area contributed by atoms with Crippen molar-refractivity contribution in [2.24, 2.45) is 4.99 Å². The lowest BCUT2D eigenvalue weighted by Crippen LogP contribution is -2.49. The van der Waals surface area contributed by atoms with E-state index >= 15 is 0 Å². The van der Waals surface area contributed by atoms with E-state index < -0.39 is 11.9 Å². The summed E-state index contributed by atoms with van der Waals surface area (Å²) >= 11 is 0. The van der Waals surface area contributed by atoms with Crippen molar-refractivity contribution in [1.29, 1.82) is 0 Å². The number of nitrogens with zero attached hydrogens (tertiary/aromatic N) is 2. The van der Waals surface area contributed by atoms with Gasteiger partial charge in [0.1, 0.15) is 0 Å². The Morgan fingerprint density at radius 2 is 1.76 bits per heavy atom. The number of carbonyl (C=O) groups is 1. The topological polar surface area (TPSA) is 83.4 Å². The van der Waals surface area contributed by atoms with Gasteiger partial charge in [0.25, 0.3) is 0 Å². The highest BCUT2D eigenvalue weighted by atomic mass is 16.6. The molecule has 7 nitrogen and oxygen atoms in total. The van der Waals surface area contributed by atoms with Gasteiger partial charge in [0.15, 0.2) is 29.0 Å². The van der Waals surface area contributed by atoms with Crippen molar-refractivity contribution in [3.63, 3.8) is 0 Å². The molecule has 3 heterocycles. The van der Waals surface area contributed by atoms with Gasteiger partial charge in [-0.15, -0.1) is 0 Å². The van der Waals surface area contributed by atoms with E-state index in [-0.39, 0.29) is 0 Å². The second-order valence-electron chi connectivity index (χ2n) is 7.24. The monoisotopic (exact) mass is 395 g/mol. The molecule has 0 bridgehead atoms. The maximum Gasteiger partial charge on any atom is 0.310 e. The summed E-state index contributed by atoms with van der Waals surface area (Å²) < 4.78 is 11.4. The maximum atomic E-state index is 11.0. The molecule has 2 N–H and O–H groups in total. The third-order valence-corrected chi connectivity index (χ3v) is 5.16. The molecule has 1 saturated heterocycles. The zero-order valence-electron chi connectivity index (χ0n) is 16.4. The summed E-state index contributed by atoms with van der Waals surface area (Å²) in [6.07, 6.45) is 2.49. The van der Waals surface area contributed by atoms with E-state index in [9.17, 15) is 4.79 Å². The Morgan fingerprint density at radius 3 is 2.48 bits per heavy atom. The van der Waals surface area contributed by atoms with Crippen molar-refractivity contribution in [3.8, 4) is 23.0 Å². The van der Waals surface area contributed by atoms with E-state index in [1.165, 1.54) is 25.9 Å². The number of guanidine groups is 1. The van der Waals surface area contributed by atoms with Crippen LogP contribution in [0.4, 0.5) is 0 Å². The Bertz CT molecular complexity index is 928. The van der Waals surface area contributed by atoms with Gasteiger partial charge in [-0.1, -0.05) is 18.2 Å². The van der Waals surface area contributed by atoms with Crippen molar-refractivity contribution in [1.82, 2.24) is 10.2 Å². The van der Waals surface area contributed by atoms with Gasteiger partial charge in [-0.2, -0.15) is 0 Å². The molecule has 2 aromatic rings. The highest BCUT2D eigenvalue weighted by Gasteiger charge is 2.21. The molecular formula is C22H25N3O4. The second-order valence-corrected chi connectivity index (χ2v) is 7.24. The normalized spacial score (nSPS) is 17.4. The number of aliphatic imine (C=N–C) groups is 1. The molecule has 5 rings (SSSR count). The van der Waals surface area contributed by atoms with Gasteiger partial charge in [0.2, 0.25) is 0 Å². The first-order chi connectivity index (χ1) is 14.1. The smallest absolute Gasteiger partial charge is 0.310 e. The van der Waals surface area contributed by atoms with Crippen LogP contribution in [0, 0.1) is 0 Å². The molecule has 1 fully saturated rings. The molecule has 1 unspecified atom stereocenters. The summed E-state index contributed by atoms with van der Waals surface area (Å²) in [6, 6.07) is 12.6. The highest BCUT2D eigenvalue weighted by molar-refractivity contribution is 5.81. The Morgan fingerprint density at radius 1 is 1.07 bits per heavy atom. The molecule has 3 aliphatic heterocycles. The van der Waals surface area contributed by atoms with Crippen LogP contribution in [-0.4, -0.2) is 48.1 Å². The molecule has 0 amide bonds. The number of ether oxygens (including phenoxy) is 2. The second kappa shape index (κ2) is 8.43. The Kier molecular flexibility index (Phi) is 5.55. The molecular weight excluding hydrogens is 370 g/mol. The molecule has 0 aliphatic carbocycles. The molecule has 152 valence electrons. The highest BCUT2D eigenvalue weighted by Crippen LogP contribution is 2.45. The van der Waals surface area contributed by atoms with Crippen LogP contribution in [-0.2, 0) is 4.79 Å². The molecule has 0 spiro atoms. The van der Waals surface area contributed by atoms with Crippen molar-refractivity contribution in [2.45, 2.75) is 25.7 Å². The van der Waals surface area contributed by atoms with Gasteiger partial charge >= 0.3 is 5.97 Å². The van der Waals surface area contributed by atoms with Crippen LogP contribution in [0.5, 0.6) is 23.0 Å². The van der Waals surface area contributed by atoms with Gasteiger partial charge in [0, 0.05) is 26.2 Å². The van der Waals surface area contributed by atoms with Crippen molar-refractivity contribution < 1.29 is 19.4 Å². The van der Waals surface area contributed by atoms with E-state index in [1.807, 2.05) is 24.3 Å². The van der Waals surface area contributed by atoms with E-state index in [4.69, 9.17) is 14.6 Å². The van der Waals surface area contributed by atoms with Crippen LogP contribution in [0.3, 0.4) is 0 Å². The van der Waals surface area contributed by atoms with Crippen LogP contribution in [0.1, 0.15) is 31.2 Å². The lowest BCUT2D eigenvalue weighted by molar-refractivity contribution is -0.138. The first-order valence-corrected chi connectivity index (χ1v) is 9.96. The lowest BCUT2D eigenvalue weighted by atomic mass is 10.0. The quantitative estimate of drug-likeness (QED) is 0.686. The Balaban J connectivity index is 0.000000171. The average molecular weight is 395 g/mol. The Hall–Kier alpha value is -3.22. The summed E-state index contributed by atoms with van der Waals surface area (Å²) in [7, 11) is 0. The average Bonchev–Trinajstić information content (AvgIpc) is 2.77. The molecule has 0 saturated carbocycles. The van der Waals surface area contributed by atoms with Crippen LogP contribution < -0.4 is 14.8 Å². The van der Waals surface area contributed by atoms with Gasteiger partial charge in [-0.05, 0) is 49.6 Å². The maximum absolute atomic E-state index is 11.0. The number of hydrogen-bond acceptors (Lipinski definition) is 6. The van der Waals surface area contributed by atoms with E-state index in [1.54, 1.807) is 25.1 Å². The molecule has 0 aromatic heterocycles. The van der Waals surface area contributed by atoms with Crippen LogP contribution >= 0.6 is 0 Å². The summed E-state index contributed by atoms with van der Waals surface area (Å²) in [5.74, 6) is 2.13. The summed E-state index contributed by atoms with van der Waals surface area (Å²) in [5.41, 5.74) is 0.689. The van der Waals surface area contributed by atoms with Crippen molar-refractivity contribution >= 4 is 11.9 Å². The minimum Gasteiger partial charge on any atom is -0.481 e. The fraction of sp³-hybridized carbons (Fsp3) is 0.364. The number of carboxylic acid groups (broad SMARTS) is 1. The zero-order chi connectivity index (χ0) is 20.2. The van der Waals surface area contributed by atoms with Crippen LogP contribution in [0.2, 0.25) is 0 Å². The molecule has 3 aliphatic rings. The number of carboxylic acids is 1. The molecule has 7 heteroatoms. The van der Waals surface area contributed by atoms with Crippen LogP contribution in [0.25, 0.3) is 0 Å². The fourth-order valence-electron chi connectivity index (χ4n) is 3.46. The number of fused-ring (bicyclic) bond motifs is 3. The van der Waals surface area contributed by atoms with Gasteiger partial charge in [-0.3, -0.25) is 9.79 Å². The van der Waals surface area contributed by atoms with E-state index in [2.05, 4.69) is 15.2 Å². The number of hydrogen-bond donors (Lipinski definition) is 2. The number of aliphatic carboxylic acids is 1. The van der Waals surface area contributed by atoms with Gasteiger partial charge in [0.05, 0.1) is 5.92 Å². The minimum atomic E-state index is -0.864. The van der Waals surface area contributed by atoms with E-state index in [0.29, 0.717) is 28.6 Å². The molecule has 2 aromatic carbocycles. The predicted octanol–water partition coefficient (Wildman–Crippen LogP) is 3.81. The fourth-order valence-corrected chi connectivity index (χ4v) is 3.46. The SMILES string of the molecule is C1CN=C2NCCCN2C1.CC(C(=O)O)c1ccc2c(c1)Oc1ccccc1O2. The predicted molar refractivity (Wildman–Crippen MR) is 110 cm³/mol. The number of para-hydroxylation sites is 2. The van der Waals surface area contributed by atoms with Crippen molar-refractivity contribution in [2.75, 3.05) is 26.2 Å². The largest absolute Gasteiger partial charge is 0.481 e. The third kappa shape index (κ3) is 4.29. The Labute approximate surface area is 170 Å².